The molecule has 0 aliphatic rings. The van der Waals surface area contributed by atoms with E-state index in [0.717, 1.165) is 11.4 Å². The first-order chi connectivity index (χ1) is 15.0. The first-order valence-corrected chi connectivity index (χ1v) is 11.2. The van der Waals surface area contributed by atoms with E-state index >= 15 is 0 Å². The molecule has 0 spiro atoms. The van der Waals surface area contributed by atoms with Gasteiger partial charge in [0.05, 0.1) is 17.8 Å². The second kappa shape index (κ2) is 9.31. The highest BCUT2D eigenvalue weighted by atomic mass is 32.2. The van der Waals surface area contributed by atoms with Crippen molar-refractivity contribution in [2.75, 3.05) is 5.32 Å². The average Bonchev–Trinajstić information content (AvgIpc) is 3.53. The zero-order valence-electron chi connectivity index (χ0n) is 17.7. The summed E-state index contributed by atoms with van der Waals surface area (Å²) in [6, 6.07) is 15.3. The van der Waals surface area contributed by atoms with Gasteiger partial charge in [-0.15, -0.1) is 0 Å². The van der Waals surface area contributed by atoms with E-state index in [-0.39, 0.29) is 11.2 Å². The maximum absolute atomic E-state index is 12.9. The number of aromatic amines is 1. The molecule has 1 aromatic carbocycles. The van der Waals surface area contributed by atoms with Crippen LogP contribution < -0.4 is 5.32 Å². The SMILES string of the molecule is CCC(Sc1nc(-c2ccco2)c(-c2ccco2)[nH]1)C(=O)Nc1ccc(C(C)C)cc1. The van der Waals surface area contributed by atoms with Gasteiger partial charge in [0.2, 0.25) is 5.91 Å². The molecule has 4 rings (SSSR count). The smallest absolute Gasteiger partial charge is 0.237 e. The van der Waals surface area contributed by atoms with Gasteiger partial charge in [-0.05, 0) is 54.3 Å². The van der Waals surface area contributed by atoms with E-state index in [1.165, 1.54) is 17.3 Å². The Morgan fingerprint density at radius 3 is 2.32 bits per heavy atom. The number of amides is 1. The molecule has 6 nitrogen and oxygen atoms in total. The first kappa shape index (κ1) is 21.1. The summed E-state index contributed by atoms with van der Waals surface area (Å²) in [7, 11) is 0. The number of anilines is 1. The van der Waals surface area contributed by atoms with Crippen LogP contribution in [0.1, 0.15) is 38.7 Å². The van der Waals surface area contributed by atoms with E-state index in [1.807, 2.05) is 55.5 Å². The summed E-state index contributed by atoms with van der Waals surface area (Å²) in [4.78, 5) is 20.9. The maximum atomic E-state index is 12.9. The fourth-order valence-electron chi connectivity index (χ4n) is 3.23. The Balaban J connectivity index is 1.53. The number of carbonyl (C=O) groups excluding carboxylic acids is 1. The summed E-state index contributed by atoms with van der Waals surface area (Å²) in [5, 5.41) is 3.35. The molecule has 160 valence electrons. The van der Waals surface area contributed by atoms with Crippen LogP contribution >= 0.6 is 11.8 Å². The predicted molar refractivity (Wildman–Crippen MR) is 123 cm³/mol. The monoisotopic (exact) mass is 435 g/mol. The number of nitrogens with one attached hydrogen (secondary N) is 2. The van der Waals surface area contributed by atoms with Crippen molar-refractivity contribution in [2.24, 2.45) is 0 Å². The lowest BCUT2D eigenvalue weighted by Gasteiger charge is -2.14. The summed E-state index contributed by atoms with van der Waals surface area (Å²) in [5.41, 5.74) is 3.41. The number of H-pyrrole nitrogens is 1. The van der Waals surface area contributed by atoms with Crippen LogP contribution in [0.4, 0.5) is 5.69 Å². The number of hydrogen-bond acceptors (Lipinski definition) is 5. The van der Waals surface area contributed by atoms with E-state index in [4.69, 9.17) is 13.8 Å². The molecule has 0 saturated heterocycles. The summed E-state index contributed by atoms with van der Waals surface area (Å²) < 4.78 is 11.1. The molecule has 31 heavy (non-hydrogen) atoms. The van der Waals surface area contributed by atoms with Crippen molar-refractivity contribution in [1.82, 2.24) is 9.97 Å². The minimum absolute atomic E-state index is 0.0553. The molecule has 0 saturated carbocycles. The summed E-state index contributed by atoms with van der Waals surface area (Å²) in [5.74, 6) is 1.69. The highest BCUT2D eigenvalue weighted by Crippen LogP contribution is 2.35. The third-order valence-electron chi connectivity index (χ3n) is 4.97. The molecular weight excluding hydrogens is 410 g/mol. The Morgan fingerprint density at radius 1 is 1.06 bits per heavy atom. The number of thioether (sulfide) groups is 1. The van der Waals surface area contributed by atoms with Crippen molar-refractivity contribution in [3.8, 4) is 22.9 Å². The molecule has 0 aliphatic carbocycles. The lowest BCUT2D eigenvalue weighted by Crippen LogP contribution is -2.24. The van der Waals surface area contributed by atoms with Crippen molar-refractivity contribution in [2.45, 2.75) is 43.5 Å². The number of aromatic nitrogens is 2. The van der Waals surface area contributed by atoms with E-state index in [2.05, 4.69) is 24.1 Å². The van der Waals surface area contributed by atoms with Crippen LogP contribution in [0.2, 0.25) is 0 Å². The number of hydrogen-bond donors (Lipinski definition) is 2. The van der Waals surface area contributed by atoms with Gasteiger partial charge in [-0.2, -0.15) is 0 Å². The highest BCUT2D eigenvalue weighted by Gasteiger charge is 2.23. The molecule has 4 aromatic rings. The molecule has 2 N–H and O–H groups in total. The lowest BCUT2D eigenvalue weighted by atomic mass is 10.0. The topological polar surface area (TPSA) is 84.1 Å². The third kappa shape index (κ3) is 4.77. The van der Waals surface area contributed by atoms with Crippen LogP contribution in [0.25, 0.3) is 22.9 Å². The number of benzene rings is 1. The lowest BCUT2D eigenvalue weighted by molar-refractivity contribution is -0.115. The van der Waals surface area contributed by atoms with Gasteiger partial charge in [-0.3, -0.25) is 4.79 Å². The van der Waals surface area contributed by atoms with Gasteiger partial charge in [0.15, 0.2) is 16.7 Å². The van der Waals surface area contributed by atoms with Gasteiger partial charge in [0.1, 0.15) is 11.4 Å². The minimum Gasteiger partial charge on any atom is -0.463 e. The molecule has 7 heteroatoms. The zero-order valence-corrected chi connectivity index (χ0v) is 18.5. The van der Waals surface area contributed by atoms with Crippen molar-refractivity contribution in [1.29, 1.82) is 0 Å². The fourth-order valence-corrected chi connectivity index (χ4v) is 4.14. The second-order valence-corrected chi connectivity index (χ2v) is 8.69. The van der Waals surface area contributed by atoms with Crippen molar-refractivity contribution in [3.63, 3.8) is 0 Å². The van der Waals surface area contributed by atoms with Crippen LogP contribution in [-0.4, -0.2) is 21.1 Å². The third-order valence-corrected chi connectivity index (χ3v) is 6.21. The molecule has 0 aliphatic heterocycles. The molecule has 1 unspecified atom stereocenters. The van der Waals surface area contributed by atoms with Gasteiger partial charge in [0.25, 0.3) is 0 Å². The molecular formula is C24H25N3O3S. The van der Waals surface area contributed by atoms with E-state index in [1.54, 1.807) is 12.5 Å². The molecule has 3 heterocycles. The largest absolute Gasteiger partial charge is 0.463 e. The van der Waals surface area contributed by atoms with Crippen molar-refractivity contribution >= 4 is 23.4 Å². The van der Waals surface area contributed by atoms with E-state index < -0.39 is 0 Å². The Hall–Kier alpha value is -3.19. The quantitative estimate of drug-likeness (QED) is 0.306. The summed E-state index contributed by atoms with van der Waals surface area (Å²) in [6.45, 7) is 6.28. The Morgan fingerprint density at radius 2 is 1.74 bits per heavy atom. The van der Waals surface area contributed by atoms with Crippen molar-refractivity contribution < 1.29 is 13.6 Å². The van der Waals surface area contributed by atoms with E-state index in [9.17, 15) is 4.79 Å². The molecule has 0 radical (unpaired) electrons. The normalized spacial score (nSPS) is 12.3. The van der Waals surface area contributed by atoms with Crippen LogP contribution in [0.5, 0.6) is 0 Å². The van der Waals surface area contributed by atoms with Crippen LogP contribution in [0, 0.1) is 0 Å². The summed E-state index contributed by atoms with van der Waals surface area (Å²) >= 11 is 1.39. The maximum Gasteiger partial charge on any atom is 0.237 e. The van der Waals surface area contributed by atoms with Crippen LogP contribution in [-0.2, 0) is 4.79 Å². The van der Waals surface area contributed by atoms with Gasteiger partial charge in [-0.1, -0.05) is 44.7 Å². The second-order valence-electron chi connectivity index (χ2n) is 7.50. The predicted octanol–water partition coefficient (Wildman–Crippen LogP) is 6.56. The zero-order chi connectivity index (χ0) is 21.8. The standard InChI is InChI=1S/C24H25N3O3S/c1-4-20(23(28)25-17-11-9-16(10-12-17)15(2)3)31-24-26-21(18-7-5-13-29-18)22(27-24)19-8-6-14-30-19/h5-15,20H,4H2,1-3H3,(H,25,28)(H,26,27). The van der Waals surface area contributed by atoms with E-state index in [0.29, 0.717) is 34.7 Å². The number of carbonyl (C=O) groups is 1. The number of furan rings is 2. The van der Waals surface area contributed by atoms with Crippen molar-refractivity contribution in [3.05, 3.63) is 66.6 Å². The molecule has 3 aromatic heterocycles. The molecule has 0 bridgehead atoms. The molecule has 0 fully saturated rings. The Bertz CT molecular complexity index is 1060. The number of rotatable bonds is 8. The average molecular weight is 436 g/mol. The number of imidazole rings is 1. The van der Waals surface area contributed by atoms with Crippen LogP contribution in [0.15, 0.2) is 75.0 Å². The van der Waals surface area contributed by atoms with Gasteiger partial charge >= 0.3 is 0 Å². The molecule has 1 amide bonds. The fraction of sp³-hybridized carbons (Fsp3) is 0.250. The van der Waals surface area contributed by atoms with Gasteiger partial charge in [-0.25, -0.2) is 4.98 Å². The molecule has 1 atom stereocenters. The first-order valence-electron chi connectivity index (χ1n) is 10.3. The van der Waals surface area contributed by atoms with Gasteiger partial charge in [0, 0.05) is 5.69 Å². The summed E-state index contributed by atoms with van der Waals surface area (Å²) in [6.07, 6.45) is 3.88. The minimum atomic E-state index is -0.301. The Kier molecular flexibility index (Phi) is 6.32. The number of nitrogens with zero attached hydrogens (tertiary/aromatic N) is 1. The van der Waals surface area contributed by atoms with Gasteiger partial charge < -0.3 is 19.1 Å². The Labute approximate surface area is 185 Å². The van der Waals surface area contributed by atoms with Crippen LogP contribution in [0.3, 0.4) is 0 Å². The highest BCUT2D eigenvalue weighted by molar-refractivity contribution is 8.00.